The van der Waals surface area contributed by atoms with Gasteiger partial charge in [0.15, 0.2) is 0 Å². The number of carboxylic acids is 1. The SMILES string of the molecule is O=C(O)[C@@H](Cc1ccccc1)NC(=O)C(Cl)(Cl)Cl. The van der Waals surface area contributed by atoms with Crippen LogP contribution in [0.3, 0.4) is 0 Å². The van der Waals surface area contributed by atoms with Crippen molar-refractivity contribution in [1.82, 2.24) is 5.32 Å². The van der Waals surface area contributed by atoms with Gasteiger partial charge in [0, 0.05) is 6.42 Å². The van der Waals surface area contributed by atoms with E-state index in [0.717, 1.165) is 5.56 Å². The summed E-state index contributed by atoms with van der Waals surface area (Å²) in [5.74, 6) is -2.16. The van der Waals surface area contributed by atoms with E-state index in [-0.39, 0.29) is 6.42 Å². The Balaban J connectivity index is 2.73. The van der Waals surface area contributed by atoms with Gasteiger partial charge in [-0.25, -0.2) is 4.79 Å². The Labute approximate surface area is 119 Å². The second-order valence-corrected chi connectivity index (χ2v) is 5.83. The summed E-state index contributed by atoms with van der Waals surface area (Å²) in [7, 11) is 0. The van der Waals surface area contributed by atoms with E-state index in [4.69, 9.17) is 39.9 Å². The molecule has 0 radical (unpaired) electrons. The molecule has 0 bridgehead atoms. The van der Waals surface area contributed by atoms with Gasteiger partial charge in [-0.15, -0.1) is 0 Å². The molecule has 18 heavy (non-hydrogen) atoms. The summed E-state index contributed by atoms with van der Waals surface area (Å²) in [4.78, 5) is 22.4. The summed E-state index contributed by atoms with van der Waals surface area (Å²) in [5.41, 5.74) is 0.759. The smallest absolute Gasteiger partial charge is 0.326 e. The molecular weight excluding hydrogens is 300 g/mol. The van der Waals surface area contributed by atoms with Crippen LogP contribution in [0.5, 0.6) is 0 Å². The fourth-order valence-corrected chi connectivity index (χ4v) is 1.45. The number of carbonyl (C=O) groups is 2. The Morgan fingerprint density at radius 1 is 1.22 bits per heavy atom. The van der Waals surface area contributed by atoms with Gasteiger partial charge in [-0.1, -0.05) is 65.1 Å². The fraction of sp³-hybridized carbons (Fsp3) is 0.273. The Morgan fingerprint density at radius 3 is 2.22 bits per heavy atom. The quantitative estimate of drug-likeness (QED) is 0.838. The summed E-state index contributed by atoms with van der Waals surface area (Å²) in [6.45, 7) is 0. The van der Waals surface area contributed by atoms with Crippen LogP contribution in [-0.2, 0) is 16.0 Å². The first-order chi connectivity index (χ1) is 8.30. The second kappa shape index (κ2) is 6.27. The number of rotatable bonds is 4. The van der Waals surface area contributed by atoms with Crippen molar-refractivity contribution in [2.24, 2.45) is 0 Å². The van der Waals surface area contributed by atoms with Crippen molar-refractivity contribution >= 4 is 46.7 Å². The number of amides is 1. The van der Waals surface area contributed by atoms with Crippen LogP contribution in [0.1, 0.15) is 5.56 Å². The highest BCUT2D eigenvalue weighted by Gasteiger charge is 2.33. The van der Waals surface area contributed by atoms with Crippen LogP contribution < -0.4 is 5.32 Å². The van der Waals surface area contributed by atoms with Crippen LogP contribution >= 0.6 is 34.8 Å². The molecule has 7 heteroatoms. The lowest BCUT2D eigenvalue weighted by atomic mass is 10.1. The molecule has 0 aliphatic heterocycles. The first kappa shape index (κ1) is 15.1. The molecule has 0 heterocycles. The molecule has 98 valence electrons. The van der Waals surface area contributed by atoms with E-state index in [1.807, 2.05) is 0 Å². The van der Waals surface area contributed by atoms with Crippen LogP contribution in [0.2, 0.25) is 0 Å². The third-order valence-electron chi connectivity index (χ3n) is 2.14. The van der Waals surface area contributed by atoms with Gasteiger partial charge >= 0.3 is 5.97 Å². The third-order valence-corrected chi connectivity index (χ3v) is 2.66. The number of aliphatic carboxylic acids is 1. The monoisotopic (exact) mass is 309 g/mol. The van der Waals surface area contributed by atoms with Crippen LogP contribution in [-0.4, -0.2) is 26.8 Å². The van der Waals surface area contributed by atoms with Crippen LogP contribution in [0.4, 0.5) is 0 Å². The summed E-state index contributed by atoms with van der Waals surface area (Å²) < 4.78 is -2.18. The number of carboxylic acid groups (broad SMARTS) is 1. The average molecular weight is 311 g/mol. The van der Waals surface area contributed by atoms with Crippen LogP contribution in [0.15, 0.2) is 30.3 Å². The number of benzene rings is 1. The summed E-state index contributed by atoms with van der Waals surface area (Å²) >= 11 is 16.1. The lowest BCUT2D eigenvalue weighted by Gasteiger charge is -2.17. The number of halogens is 3. The van der Waals surface area contributed by atoms with E-state index in [1.54, 1.807) is 30.3 Å². The van der Waals surface area contributed by atoms with E-state index in [1.165, 1.54) is 0 Å². The van der Waals surface area contributed by atoms with Crippen molar-refractivity contribution in [3.8, 4) is 0 Å². The highest BCUT2D eigenvalue weighted by atomic mass is 35.6. The number of hydrogen-bond acceptors (Lipinski definition) is 2. The highest BCUT2D eigenvalue weighted by Crippen LogP contribution is 2.26. The first-order valence-corrected chi connectivity index (χ1v) is 6.08. The van der Waals surface area contributed by atoms with Crippen LogP contribution in [0, 0.1) is 0 Å². The zero-order chi connectivity index (χ0) is 13.8. The molecule has 0 saturated heterocycles. The van der Waals surface area contributed by atoms with Gasteiger partial charge in [0.1, 0.15) is 6.04 Å². The molecule has 0 saturated carbocycles. The van der Waals surface area contributed by atoms with Gasteiger partial charge in [0.05, 0.1) is 0 Å². The normalized spacial score (nSPS) is 12.8. The molecule has 4 nitrogen and oxygen atoms in total. The standard InChI is InChI=1S/C11H10Cl3NO3/c12-11(13,14)10(18)15-8(9(16)17)6-7-4-2-1-3-5-7/h1-5,8H,6H2,(H,15,18)(H,16,17)/t8-/m1/s1. The van der Waals surface area contributed by atoms with Gasteiger partial charge in [0.2, 0.25) is 0 Å². The number of hydrogen-bond donors (Lipinski definition) is 2. The van der Waals surface area contributed by atoms with E-state index in [0.29, 0.717) is 0 Å². The maximum Gasteiger partial charge on any atom is 0.326 e. The molecule has 1 rings (SSSR count). The van der Waals surface area contributed by atoms with Crippen molar-refractivity contribution in [2.75, 3.05) is 0 Å². The maximum atomic E-state index is 11.4. The number of carbonyl (C=O) groups excluding carboxylic acids is 1. The van der Waals surface area contributed by atoms with E-state index in [9.17, 15) is 9.59 Å². The molecule has 2 N–H and O–H groups in total. The minimum Gasteiger partial charge on any atom is -0.480 e. The molecule has 1 amide bonds. The maximum absolute atomic E-state index is 11.4. The predicted octanol–water partition coefficient (Wildman–Crippen LogP) is 2.17. The highest BCUT2D eigenvalue weighted by molar-refractivity contribution is 6.76. The molecule has 0 unspecified atom stereocenters. The molecule has 0 fully saturated rings. The molecule has 0 aliphatic carbocycles. The largest absolute Gasteiger partial charge is 0.480 e. The van der Waals surface area contributed by atoms with Crippen molar-refractivity contribution in [1.29, 1.82) is 0 Å². The lowest BCUT2D eigenvalue weighted by Crippen LogP contribution is -2.46. The zero-order valence-corrected chi connectivity index (χ0v) is 11.3. The number of nitrogens with one attached hydrogen (secondary N) is 1. The van der Waals surface area contributed by atoms with Gasteiger partial charge in [0.25, 0.3) is 9.70 Å². The molecule has 1 aromatic rings. The van der Waals surface area contributed by atoms with E-state index >= 15 is 0 Å². The lowest BCUT2D eigenvalue weighted by molar-refractivity contribution is -0.141. The Bertz CT molecular complexity index is 431. The minimum absolute atomic E-state index is 0.114. The predicted molar refractivity (Wildman–Crippen MR) is 70.0 cm³/mol. The topological polar surface area (TPSA) is 66.4 Å². The molecule has 0 aromatic heterocycles. The van der Waals surface area contributed by atoms with E-state index < -0.39 is 21.7 Å². The minimum atomic E-state index is -2.18. The Kier molecular flexibility index (Phi) is 5.26. The summed E-state index contributed by atoms with van der Waals surface area (Å²) in [5, 5.41) is 11.2. The van der Waals surface area contributed by atoms with Crippen molar-refractivity contribution in [3.05, 3.63) is 35.9 Å². The molecule has 0 aliphatic rings. The molecular formula is C11H10Cl3NO3. The average Bonchev–Trinajstić information content (AvgIpc) is 2.28. The fourth-order valence-electron chi connectivity index (χ4n) is 1.29. The van der Waals surface area contributed by atoms with Gasteiger partial charge in [-0.05, 0) is 5.56 Å². The van der Waals surface area contributed by atoms with Gasteiger partial charge in [-0.3, -0.25) is 4.79 Å². The summed E-state index contributed by atoms with van der Waals surface area (Å²) in [6.07, 6.45) is 0.114. The Hall–Kier alpha value is -0.970. The first-order valence-electron chi connectivity index (χ1n) is 4.95. The van der Waals surface area contributed by atoms with Crippen molar-refractivity contribution in [3.63, 3.8) is 0 Å². The third kappa shape index (κ3) is 4.72. The van der Waals surface area contributed by atoms with Gasteiger partial charge < -0.3 is 10.4 Å². The zero-order valence-electron chi connectivity index (χ0n) is 9.07. The van der Waals surface area contributed by atoms with Gasteiger partial charge in [-0.2, -0.15) is 0 Å². The Morgan fingerprint density at radius 2 is 1.78 bits per heavy atom. The molecule has 1 aromatic carbocycles. The molecule has 1 atom stereocenters. The van der Waals surface area contributed by atoms with E-state index in [2.05, 4.69) is 5.32 Å². The van der Waals surface area contributed by atoms with Crippen LogP contribution in [0.25, 0.3) is 0 Å². The van der Waals surface area contributed by atoms with Crippen molar-refractivity contribution in [2.45, 2.75) is 16.3 Å². The molecule has 0 spiro atoms. The second-order valence-electron chi connectivity index (χ2n) is 3.55. The number of alkyl halides is 3. The van der Waals surface area contributed by atoms with Crippen molar-refractivity contribution < 1.29 is 14.7 Å². The summed E-state index contributed by atoms with van der Waals surface area (Å²) in [6, 6.07) is 7.69.